The summed E-state index contributed by atoms with van der Waals surface area (Å²) in [5.41, 5.74) is 0. The predicted octanol–water partition coefficient (Wildman–Crippen LogP) is 3.62. The van der Waals surface area contributed by atoms with Crippen molar-refractivity contribution < 1.29 is 9.21 Å². The SMILES string of the molecule is CCc1ccc(C(=O)N2CCCCCC2CBr)o1. The smallest absolute Gasteiger partial charge is 0.289 e. The predicted molar refractivity (Wildman–Crippen MR) is 75.2 cm³/mol. The summed E-state index contributed by atoms with van der Waals surface area (Å²) < 4.78 is 5.57. The molecule has 1 saturated heterocycles. The molecule has 0 spiro atoms. The summed E-state index contributed by atoms with van der Waals surface area (Å²) in [6.07, 6.45) is 5.42. The number of nitrogens with zero attached hydrogens (tertiary/aromatic N) is 1. The number of aryl methyl sites for hydroxylation is 1. The molecule has 3 nitrogen and oxygen atoms in total. The summed E-state index contributed by atoms with van der Waals surface area (Å²) in [6, 6.07) is 4.00. The highest BCUT2D eigenvalue weighted by Gasteiger charge is 2.27. The van der Waals surface area contributed by atoms with Gasteiger partial charge in [0.25, 0.3) is 5.91 Å². The highest BCUT2D eigenvalue weighted by molar-refractivity contribution is 9.09. The average Bonchev–Trinajstić information content (AvgIpc) is 2.75. The van der Waals surface area contributed by atoms with Crippen LogP contribution in [0, 0.1) is 0 Å². The van der Waals surface area contributed by atoms with E-state index in [9.17, 15) is 4.79 Å². The summed E-state index contributed by atoms with van der Waals surface area (Å²) in [7, 11) is 0. The molecular formula is C14H20BrNO2. The molecule has 1 unspecified atom stereocenters. The van der Waals surface area contributed by atoms with E-state index in [-0.39, 0.29) is 5.91 Å². The van der Waals surface area contributed by atoms with Gasteiger partial charge in [0.1, 0.15) is 5.76 Å². The number of furan rings is 1. The third-order valence-electron chi connectivity index (χ3n) is 3.54. The monoisotopic (exact) mass is 313 g/mol. The van der Waals surface area contributed by atoms with Crippen molar-refractivity contribution in [3.05, 3.63) is 23.7 Å². The van der Waals surface area contributed by atoms with E-state index in [1.165, 1.54) is 12.8 Å². The van der Waals surface area contributed by atoms with Gasteiger partial charge in [-0.2, -0.15) is 0 Å². The maximum atomic E-state index is 12.5. The van der Waals surface area contributed by atoms with Gasteiger partial charge in [0.2, 0.25) is 0 Å². The molecule has 1 aromatic heterocycles. The zero-order chi connectivity index (χ0) is 13.0. The third-order valence-corrected chi connectivity index (χ3v) is 4.28. The van der Waals surface area contributed by atoms with E-state index in [0.29, 0.717) is 11.8 Å². The van der Waals surface area contributed by atoms with Crippen LogP contribution in [-0.4, -0.2) is 28.7 Å². The first-order valence-electron chi connectivity index (χ1n) is 6.72. The summed E-state index contributed by atoms with van der Waals surface area (Å²) in [5.74, 6) is 1.41. The Balaban J connectivity index is 2.14. The lowest BCUT2D eigenvalue weighted by atomic mass is 10.1. The molecule has 0 aromatic carbocycles. The molecule has 0 aliphatic carbocycles. The lowest BCUT2D eigenvalue weighted by Crippen LogP contribution is -2.40. The van der Waals surface area contributed by atoms with E-state index in [4.69, 9.17) is 4.42 Å². The van der Waals surface area contributed by atoms with Crippen LogP contribution in [-0.2, 0) is 6.42 Å². The fourth-order valence-electron chi connectivity index (χ4n) is 2.43. The average molecular weight is 314 g/mol. The topological polar surface area (TPSA) is 33.5 Å². The van der Waals surface area contributed by atoms with Gasteiger partial charge in [0.15, 0.2) is 5.76 Å². The van der Waals surface area contributed by atoms with Crippen molar-refractivity contribution >= 4 is 21.8 Å². The minimum Gasteiger partial charge on any atom is -0.456 e. The molecule has 1 fully saturated rings. The number of likely N-dealkylation sites (tertiary alicyclic amines) is 1. The number of carbonyl (C=O) groups is 1. The molecule has 1 aliphatic heterocycles. The Labute approximate surface area is 117 Å². The second kappa shape index (κ2) is 6.41. The van der Waals surface area contributed by atoms with Gasteiger partial charge in [-0.05, 0) is 25.0 Å². The Morgan fingerprint density at radius 3 is 2.94 bits per heavy atom. The highest BCUT2D eigenvalue weighted by atomic mass is 79.9. The third kappa shape index (κ3) is 2.97. The van der Waals surface area contributed by atoms with E-state index in [1.54, 1.807) is 6.07 Å². The number of rotatable bonds is 3. The Hall–Kier alpha value is -0.770. The number of hydrogen-bond acceptors (Lipinski definition) is 2. The molecule has 0 bridgehead atoms. The lowest BCUT2D eigenvalue weighted by Gasteiger charge is -2.27. The van der Waals surface area contributed by atoms with Crippen LogP contribution in [0.15, 0.2) is 16.5 Å². The number of hydrogen-bond donors (Lipinski definition) is 0. The molecule has 2 heterocycles. The molecule has 0 N–H and O–H groups in total. The summed E-state index contributed by atoms with van der Waals surface area (Å²) in [6.45, 7) is 2.87. The van der Waals surface area contributed by atoms with Crippen molar-refractivity contribution in [3.8, 4) is 0 Å². The standard InChI is InChI=1S/C14H20BrNO2/c1-2-12-7-8-13(18-12)14(17)16-9-5-3-4-6-11(16)10-15/h7-8,11H,2-6,9-10H2,1H3. The van der Waals surface area contributed by atoms with E-state index in [2.05, 4.69) is 15.9 Å². The molecule has 18 heavy (non-hydrogen) atoms. The van der Waals surface area contributed by atoms with Crippen LogP contribution in [0.3, 0.4) is 0 Å². The Morgan fingerprint density at radius 2 is 2.28 bits per heavy atom. The Morgan fingerprint density at radius 1 is 1.44 bits per heavy atom. The van der Waals surface area contributed by atoms with E-state index in [1.807, 2.05) is 17.9 Å². The van der Waals surface area contributed by atoms with Gasteiger partial charge in [-0.25, -0.2) is 0 Å². The second-order valence-electron chi connectivity index (χ2n) is 4.78. The van der Waals surface area contributed by atoms with Gasteiger partial charge < -0.3 is 9.32 Å². The normalized spacial score (nSPS) is 20.8. The number of alkyl halides is 1. The van der Waals surface area contributed by atoms with Crippen LogP contribution in [0.4, 0.5) is 0 Å². The van der Waals surface area contributed by atoms with Crippen LogP contribution < -0.4 is 0 Å². The van der Waals surface area contributed by atoms with Crippen molar-refractivity contribution in [2.24, 2.45) is 0 Å². The number of carbonyl (C=O) groups excluding carboxylic acids is 1. The molecule has 2 rings (SSSR count). The van der Waals surface area contributed by atoms with Crippen LogP contribution in [0.25, 0.3) is 0 Å². The van der Waals surface area contributed by atoms with Gasteiger partial charge in [-0.1, -0.05) is 35.7 Å². The number of amides is 1. The van der Waals surface area contributed by atoms with Crippen LogP contribution in [0.2, 0.25) is 0 Å². The van der Waals surface area contributed by atoms with Crippen molar-refractivity contribution in [3.63, 3.8) is 0 Å². The Bertz CT molecular complexity index is 402. The first-order chi connectivity index (χ1) is 8.76. The maximum absolute atomic E-state index is 12.5. The fourth-order valence-corrected chi connectivity index (χ4v) is 3.10. The van der Waals surface area contributed by atoms with Crippen molar-refractivity contribution in [1.82, 2.24) is 4.90 Å². The second-order valence-corrected chi connectivity index (χ2v) is 5.42. The first-order valence-corrected chi connectivity index (χ1v) is 7.84. The fraction of sp³-hybridized carbons (Fsp3) is 0.643. The van der Waals surface area contributed by atoms with E-state index < -0.39 is 0 Å². The molecule has 0 saturated carbocycles. The lowest BCUT2D eigenvalue weighted by molar-refractivity contribution is 0.0668. The summed E-state index contributed by atoms with van der Waals surface area (Å²) >= 11 is 3.52. The minimum atomic E-state index is 0.0426. The summed E-state index contributed by atoms with van der Waals surface area (Å²) in [4.78, 5) is 14.4. The minimum absolute atomic E-state index is 0.0426. The maximum Gasteiger partial charge on any atom is 0.289 e. The van der Waals surface area contributed by atoms with E-state index in [0.717, 1.165) is 36.9 Å². The zero-order valence-electron chi connectivity index (χ0n) is 10.8. The van der Waals surface area contributed by atoms with Crippen molar-refractivity contribution in [2.75, 3.05) is 11.9 Å². The molecule has 0 radical (unpaired) electrons. The van der Waals surface area contributed by atoms with Gasteiger partial charge >= 0.3 is 0 Å². The number of halogens is 1. The Kier molecular flexibility index (Phi) is 4.87. The molecule has 1 aliphatic rings. The molecule has 4 heteroatoms. The van der Waals surface area contributed by atoms with Gasteiger partial charge in [-0.15, -0.1) is 0 Å². The van der Waals surface area contributed by atoms with E-state index >= 15 is 0 Å². The zero-order valence-corrected chi connectivity index (χ0v) is 12.4. The van der Waals surface area contributed by atoms with Gasteiger partial charge in [0, 0.05) is 24.3 Å². The largest absolute Gasteiger partial charge is 0.456 e. The molecule has 1 atom stereocenters. The highest BCUT2D eigenvalue weighted by Crippen LogP contribution is 2.21. The molecule has 1 aromatic rings. The van der Waals surface area contributed by atoms with Crippen molar-refractivity contribution in [2.45, 2.75) is 45.1 Å². The van der Waals surface area contributed by atoms with Gasteiger partial charge in [0.05, 0.1) is 0 Å². The van der Waals surface area contributed by atoms with Crippen molar-refractivity contribution in [1.29, 1.82) is 0 Å². The molecule has 100 valence electrons. The summed E-state index contributed by atoms with van der Waals surface area (Å²) in [5, 5.41) is 0.847. The van der Waals surface area contributed by atoms with Crippen LogP contribution in [0.1, 0.15) is 48.9 Å². The van der Waals surface area contributed by atoms with Crippen LogP contribution in [0.5, 0.6) is 0 Å². The molecular weight excluding hydrogens is 294 g/mol. The molecule has 1 amide bonds. The van der Waals surface area contributed by atoms with Gasteiger partial charge in [-0.3, -0.25) is 4.79 Å². The van der Waals surface area contributed by atoms with Crippen LogP contribution >= 0.6 is 15.9 Å². The first kappa shape index (κ1) is 13.7. The quantitative estimate of drug-likeness (QED) is 0.798.